The number of carbonyl (C=O) groups excluding carboxylic acids is 1. The van der Waals surface area contributed by atoms with Crippen molar-refractivity contribution >= 4 is 6.16 Å². The molecule has 3 nitrogen and oxygen atoms in total. The maximum absolute atomic E-state index is 10.8. The van der Waals surface area contributed by atoms with Crippen LogP contribution in [0.3, 0.4) is 0 Å². The smallest absolute Gasteiger partial charge is 0.434 e. The molecule has 0 heterocycles. The van der Waals surface area contributed by atoms with Gasteiger partial charge in [-0.1, -0.05) is 0 Å². The number of hydrogen-bond donors (Lipinski definition) is 0. The Morgan fingerprint density at radius 3 is 1.79 bits per heavy atom. The quantitative estimate of drug-likeness (QED) is 0.368. The molecule has 0 aromatic heterocycles. The van der Waals surface area contributed by atoms with Gasteiger partial charge >= 0.3 is 6.16 Å². The van der Waals surface area contributed by atoms with Gasteiger partial charge in [-0.15, -0.1) is 24.7 Å². The third-order valence-corrected chi connectivity index (χ3v) is 1.37. The van der Waals surface area contributed by atoms with Crippen LogP contribution in [0.4, 0.5) is 4.79 Å². The number of unbranched alkanes of at least 4 members (excludes halogenated alkanes) is 2. The summed E-state index contributed by atoms with van der Waals surface area (Å²) >= 11 is 0. The van der Waals surface area contributed by atoms with E-state index in [9.17, 15) is 4.79 Å². The largest absolute Gasteiger partial charge is 0.508 e. The Kier molecular flexibility index (Phi) is 8.39. The molecule has 0 aliphatic heterocycles. The molecule has 0 rings (SSSR count). The van der Waals surface area contributed by atoms with Gasteiger partial charge in [-0.25, -0.2) is 4.79 Å². The van der Waals surface area contributed by atoms with Crippen LogP contribution in [0, 0.1) is 24.7 Å². The second-order valence-corrected chi connectivity index (χ2v) is 2.56. The summed E-state index contributed by atoms with van der Waals surface area (Å²) in [6.45, 7) is 0.607. The molecule has 0 bridgehead atoms. The highest BCUT2D eigenvalue weighted by molar-refractivity contribution is 5.59. The Morgan fingerprint density at radius 1 is 1.00 bits per heavy atom. The van der Waals surface area contributed by atoms with E-state index in [4.69, 9.17) is 22.3 Å². The van der Waals surface area contributed by atoms with Crippen LogP contribution in [0.25, 0.3) is 0 Å². The Bertz CT molecular complexity index is 208. The van der Waals surface area contributed by atoms with Gasteiger partial charge in [0.25, 0.3) is 0 Å². The summed E-state index contributed by atoms with van der Waals surface area (Å²) in [5.41, 5.74) is 0. The van der Waals surface area contributed by atoms with Crippen molar-refractivity contribution in [2.45, 2.75) is 25.7 Å². The summed E-state index contributed by atoms with van der Waals surface area (Å²) < 4.78 is 9.43. The summed E-state index contributed by atoms with van der Waals surface area (Å²) in [4.78, 5) is 10.8. The number of carbonyl (C=O) groups is 1. The molecule has 0 aliphatic rings. The van der Waals surface area contributed by atoms with Crippen molar-refractivity contribution < 1.29 is 14.3 Å². The molecule has 0 radical (unpaired) electrons. The lowest BCUT2D eigenvalue weighted by Crippen LogP contribution is -2.09. The van der Waals surface area contributed by atoms with Crippen molar-refractivity contribution in [3.05, 3.63) is 0 Å². The van der Waals surface area contributed by atoms with Crippen molar-refractivity contribution in [3.8, 4) is 24.7 Å². The van der Waals surface area contributed by atoms with Crippen LogP contribution in [0.5, 0.6) is 0 Å². The number of hydrogen-bond acceptors (Lipinski definition) is 3. The number of terminal acetylenes is 2. The predicted octanol–water partition coefficient (Wildman–Crippen LogP) is 1.97. The van der Waals surface area contributed by atoms with E-state index in [2.05, 4.69) is 11.8 Å². The maximum atomic E-state index is 10.8. The summed E-state index contributed by atoms with van der Waals surface area (Å²) in [6.07, 6.45) is 11.9. The van der Waals surface area contributed by atoms with Crippen molar-refractivity contribution in [1.82, 2.24) is 0 Å². The molecule has 0 N–H and O–H groups in total. The zero-order chi connectivity index (χ0) is 10.6. The van der Waals surface area contributed by atoms with Crippen molar-refractivity contribution in [1.29, 1.82) is 0 Å². The average Bonchev–Trinajstić information content (AvgIpc) is 2.19. The van der Waals surface area contributed by atoms with Crippen LogP contribution in [-0.2, 0) is 9.47 Å². The Labute approximate surface area is 84.8 Å². The van der Waals surface area contributed by atoms with Gasteiger partial charge in [0.05, 0.1) is 13.2 Å². The average molecular weight is 194 g/mol. The van der Waals surface area contributed by atoms with E-state index in [1.807, 2.05) is 0 Å². The first kappa shape index (κ1) is 12.4. The molecule has 0 fully saturated rings. The zero-order valence-corrected chi connectivity index (χ0v) is 8.12. The van der Waals surface area contributed by atoms with Crippen LogP contribution in [0.2, 0.25) is 0 Å². The van der Waals surface area contributed by atoms with Crippen LogP contribution in [-0.4, -0.2) is 19.4 Å². The molecule has 0 unspecified atom stereocenters. The number of rotatable bonds is 6. The van der Waals surface area contributed by atoms with E-state index >= 15 is 0 Å². The Morgan fingerprint density at radius 2 is 1.43 bits per heavy atom. The van der Waals surface area contributed by atoms with Crippen molar-refractivity contribution in [3.63, 3.8) is 0 Å². The third kappa shape index (κ3) is 8.49. The highest BCUT2D eigenvalue weighted by atomic mass is 16.7. The minimum absolute atomic E-state index is 0.304. The molecule has 3 heteroatoms. The minimum Gasteiger partial charge on any atom is -0.434 e. The second-order valence-electron chi connectivity index (χ2n) is 2.56. The van der Waals surface area contributed by atoms with E-state index in [-0.39, 0.29) is 0 Å². The summed E-state index contributed by atoms with van der Waals surface area (Å²) in [6, 6.07) is 0. The highest BCUT2D eigenvalue weighted by Crippen LogP contribution is 1.94. The van der Waals surface area contributed by atoms with E-state index in [1.54, 1.807) is 0 Å². The Balaban J connectivity index is 3.21. The Hall–Kier alpha value is -1.61. The van der Waals surface area contributed by atoms with E-state index in [1.165, 1.54) is 0 Å². The van der Waals surface area contributed by atoms with Crippen LogP contribution in [0.15, 0.2) is 0 Å². The molecule has 0 saturated carbocycles. The second kappa shape index (κ2) is 9.48. The lowest BCUT2D eigenvalue weighted by molar-refractivity contribution is 0.0543. The lowest BCUT2D eigenvalue weighted by atomic mass is 10.3. The maximum Gasteiger partial charge on any atom is 0.508 e. The minimum atomic E-state index is -0.654. The first-order valence-electron chi connectivity index (χ1n) is 4.47. The molecule has 0 atom stereocenters. The van der Waals surface area contributed by atoms with Gasteiger partial charge in [0.15, 0.2) is 0 Å². The molecule has 0 saturated heterocycles. The molecule has 76 valence electrons. The predicted molar refractivity (Wildman–Crippen MR) is 53.4 cm³/mol. The zero-order valence-electron chi connectivity index (χ0n) is 8.12. The molecule has 14 heavy (non-hydrogen) atoms. The topological polar surface area (TPSA) is 35.5 Å². The van der Waals surface area contributed by atoms with Gasteiger partial charge in [0.2, 0.25) is 0 Å². The monoisotopic (exact) mass is 194 g/mol. The normalized spacial score (nSPS) is 8.43. The molecule has 0 aliphatic carbocycles. The summed E-state index contributed by atoms with van der Waals surface area (Å²) in [5.74, 6) is 4.89. The van der Waals surface area contributed by atoms with Crippen LogP contribution >= 0.6 is 0 Å². The fourth-order valence-corrected chi connectivity index (χ4v) is 0.701. The SMILES string of the molecule is C#CCCCOC(=O)OCCCC#C. The molecule has 0 amide bonds. The van der Waals surface area contributed by atoms with Gasteiger partial charge in [-0.3, -0.25) is 0 Å². The first-order chi connectivity index (χ1) is 6.81. The number of ether oxygens (including phenoxy) is 2. The summed E-state index contributed by atoms with van der Waals surface area (Å²) in [7, 11) is 0. The highest BCUT2D eigenvalue weighted by Gasteiger charge is 2.01. The fraction of sp³-hybridized carbons (Fsp3) is 0.545. The molecule has 0 spiro atoms. The van der Waals surface area contributed by atoms with Crippen molar-refractivity contribution in [2.75, 3.05) is 13.2 Å². The fourth-order valence-electron chi connectivity index (χ4n) is 0.701. The van der Waals surface area contributed by atoms with E-state index in [0.717, 1.165) is 0 Å². The molecular weight excluding hydrogens is 180 g/mol. The molecule has 0 aromatic rings. The van der Waals surface area contributed by atoms with Crippen LogP contribution in [0.1, 0.15) is 25.7 Å². The van der Waals surface area contributed by atoms with Gasteiger partial charge in [-0.2, -0.15) is 0 Å². The third-order valence-electron chi connectivity index (χ3n) is 1.37. The van der Waals surface area contributed by atoms with Crippen molar-refractivity contribution in [2.24, 2.45) is 0 Å². The molecule has 0 aromatic carbocycles. The van der Waals surface area contributed by atoms with E-state index < -0.39 is 6.16 Å². The van der Waals surface area contributed by atoms with Gasteiger partial charge in [0.1, 0.15) is 0 Å². The van der Waals surface area contributed by atoms with Gasteiger partial charge in [-0.05, 0) is 12.8 Å². The van der Waals surface area contributed by atoms with Crippen LogP contribution < -0.4 is 0 Å². The first-order valence-corrected chi connectivity index (χ1v) is 4.47. The van der Waals surface area contributed by atoms with Gasteiger partial charge < -0.3 is 9.47 Å². The lowest BCUT2D eigenvalue weighted by Gasteiger charge is -2.03. The summed E-state index contributed by atoms with van der Waals surface area (Å²) in [5, 5.41) is 0. The van der Waals surface area contributed by atoms with Gasteiger partial charge in [0, 0.05) is 12.8 Å². The van der Waals surface area contributed by atoms with E-state index in [0.29, 0.717) is 38.9 Å². The standard InChI is InChI=1S/C11H14O3/c1-3-5-7-9-13-11(12)14-10-8-6-4-2/h1-2H,5-10H2. The molecular formula is C11H14O3.